The van der Waals surface area contributed by atoms with Crippen LogP contribution in [-0.4, -0.2) is 67.0 Å². The minimum Gasteiger partial charge on any atom is -0.444 e. The summed E-state index contributed by atoms with van der Waals surface area (Å²) in [7, 11) is -1.68. The molecule has 0 aliphatic heterocycles. The first kappa shape index (κ1) is 25.1. The van der Waals surface area contributed by atoms with Gasteiger partial charge in [-0.25, -0.2) is 14.8 Å². The SMILES string of the molecule is CN(C(=O)OC(C)(C)C)[C@H]1CC[C@H](Nc2ncnc3sc4c(c23)[C@@H](COS(C)(=O)=O)CC4)CC1. The lowest BCUT2D eigenvalue weighted by Crippen LogP contribution is -2.43. The fourth-order valence-electron chi connectivity index (χ4n) is 4.83. The largest absolute Gasteiger partial charge is 0.444 e. The van der Waals surface area contributed by atoms with E-state index in [2.05, 4.69) is 15.3 Å². The molecule has 2 aliphatic rings. The monoisotopic (exact) mass is 510 g/mol. The molecule has 0 radical (unpaired) electrons. The number of carbonyl (C=O) groups is 1. The van der Waals surface area contributed by atoms with E-state index >= 15 is 0 Å². The van der Waals surface area contributed by atoms with E-state index in [1.54, 1.807) is 22.6 Å². The molecule has 0 saturated heterocycles. The molecule has 4 rings (SSSR count). The number of nitrogens with one attached hydrogen (secondary N) is 1. The molecule has 188 valence electrons. The first-order chi connectivity index (χ1) is 15.9. The molecule has 11 heteroatoms. The summed E-state index contributed by atoms with van der Waals surface area (Å²) >= 11 is 1.66. The van der Waals surface area contributed by atoms with Crippen LogP contribution in [0.1, 0.15) is 69.2 Å². The highest BCUT2D eigenvalue weighted by Crippen LogP contribution is 2.45. The van der Waals surface area contributed by atoms with Gasteiger partial charge in [-0.15, -0.1) is 11.3 Å². The molecule has 0 aromatic carbocycles. The average Bonchev–Trinajstić information content (AvgIpc) is 3.30. The maximum atomic E-state index is 12.4. The van der Waals surface area contributed by atoms with Crippen molar-refractivity contribution in [1.82, 2.24) is 14.9 Å². The molecule has 0 spiro atoms. The third-order valence-corrected chi connectivity index (χ3v) is 8.22. The number of carbonyl (C=O) groups excluding carboxylic acids is 1. The summed E-state index contributed by atoms with van der Waals surface area (Å²) in [4.78, 5) is 25.3. The fourth-order valence-corrected chi connectivity index (χ4v) is 6.49. The molecule has 0 bridgehead atoms. The normalized spacial score (nSPS) is 23.0. The highest BCUT2D eigenvalue weighted by Gasteiger charge is 2.33. The van der Waals surface area contributed by atoms with Crippen LogP contribution in [0.25, 0.3) is 10.2 Å². The van der Waals surface area contributed by atoms with Crippen molar-refractivity contribution < 1.29 is 22.1 Å². The second-order valence-corrected chi connectivity index (χ2v) is 13.0. The van der Waals surface area contributed by atoms with Crippen LogP contribution in [0, 0.1) is 0 Å². The number of ether oxygens (including phenoxy) is 1. The zero-order chi connectivity index (χ0) is 24.7. The third kappa shape index (κ3) is 5.80. The number of anilines is 1. The number of thiophene rings is 1. The Hall–Kier alpha value is -1.98. The molecule has 9 nitrogen and oxygen atoms in total. The van der Waals surface area contributed by atoms with Crippen LogP contribution in [0.3, 0.4) is 0 Å². The zero-order valence-electron chi connectivity index (χ0n) is 20.5. The van der Waals surface area contributed by atoms with Gasteiger partial charge in [0.2, 0.25) is 0 Å². The summed E-state index contributed by atoms with van der Waals surface area (Å²) in [5, 5.41) is 4.62. The standard InChI is InChI=1S/C23H34N4O5S2/c1-23(2,3)32-22(28)27(4)16-9-7-15(8-10-16)26-20-19-18-14(12-31-34(5,29)30)6-11-17(18)33-21(19)25-13-24-20/h13-16H,6-12H2,1-5H3,(H,24,25,26)/t14-,15-,16-/m1/s1. The predicted molar refractivity (Wildman–Crippen MR) is 133 cm³/mol. The van der Waals surface area contributed by atoms with Crippen molar-refractivity contribution in [3.63, 3.8) is 0 Å². The molecular weight excluding hydrogens is 476 g/mol. The van der Waals surface area contributed by atoms with Gasteiger partial charge in [0.15, 0.2) is 0 Å². The van der Waals surface area contributed by atoms with Crippen molar-refractivity contribution in [3.8, 4) is 0 Å². The molecule has 2 aromatic heterocycles. The summed E-state index contributed by atoms with van der Waals surface area (Å²) in [5.41, 5.74) is 0.623. The Bertz CT molecular complexity index is 1150. The minimum absolute atomic E-state index is 0.0169. The zero-order valence-corrected chi connectivity index (χ0v) is 22.1. The van der Waals surface area contributed by atoms with Gasteiger partial charge in [0.05, 0.1) is 18.2 Å². The minimum atomic E-state index is -3.49. The van der Waals surface area contributed by atoms with Gasteiger partial charge in [0.25, 0.3) is 10.1 Å². The van der Waals surface area contributed by atoms with Crippen molar-refractivity contribution in [1.29, 1.82) is 0 Å². The number of hydrogen-bond acceptors (Lipinski definition) is 9. The first-order valence-corrected chi connectivity index (χ1v) is 14.4. The van der Waals surface area contributed by atoms with Gasteiger partial charge < -0.3 is 15.0 Å². The molecule has 1 atom stereocenters. The highest BCUT2D eigenvalue weighted by atomic mass is 32.2. The molecule has 2 aromatic rings. The lowest BCUT2D eigenvalue weighted by atomic mass is 9.90. The number of amides is 1. The summed E-state index contributed by atoms with van der Waals surface area (Å²) in [6.07, 6.45) is 7.74. The Morgan fingerprint density at radius 1 is 1.21 bits per heavy atom. The average molecular weight is 511 g/mol. The summed E-state index contributed by atoms with van der Waals surface area (Å²) in [6.45, 7) is 5.78. The van der Waals surface area contributed by atoms with Crippen LogP contribution >= 0.6 is 11.3 Å². The fraction of sp³-hybridized carbons (Fsp3) is 0.696. The molecule has 1 N–H and O–H groups in total. The van der Waals surface area contributed by atoms with E-state index in [1.165, 1.54) is 4.88 Å². The molecule has 34 heavy (non-hydrogen) atoms. The Balaban J connectivity index is 1.44. The third-order valence-electron chi connectivity index (χ3n) is 6.48. The van der Waals surface area contributed by atoms with Crippen LogP contribution in [0.2, 0.25) is 0 Å². The number of aryl methyl sites for hydroxylation is 1. The number of hydrogen-bond donors (Lipinski definition) is 1. The van der Waals surface area contributed by atoms with Crippen LogP contribution in [-0.2, 0) is 25.5 Å². The van der Waals surface area contributed by atoms with Crippen molar-refractivity contribution >= 4 is 43.6 Å². The molecular formula is C23H34N4O5S2. The Morgan fingerprint density at radius 3 is 2.56 bits per heavy atom. The van der Waals surface area contributed by atoms with Gasteiger partial charge in [-0.05, 0) is 64.9 Å². The van der Waals surface area contributed by atoms with E-state index in [9.17, 15) is 13.2 Å². The Labute approximate surface area is 205 Å². The summed E-state index contributed by atoms with van der Waals surface area (Å²) < 4.78 is 33.7. The van der Waals surface area contributed by atoms with Gasteiger partial charge in [-0.2, -0.15) is 8.42 Å². The number of rotatable bonds is 6. The van der Waals surface area contributed by atoms with Crippen molar-refractivity contribution in [2.45, 2.75) is 82.9 Å². The summed E-state index contributed by atoms with van der Waals surface area (Å²) in [5.74, 6) is 0.820. The van der Waals surface area contributed by atoms with Gasteiger partial charge in [-0.3, -0.25) is 4.18 Å². The lowest BCUT2D eigenvalue weighted by molar-refractivity contribution is 0.0185. The second kappa shape index (κ2) is 9.58. The maximum Gasteiger partial charge on any atom is 0.410 e. The second-order valence-electron chi connectivity index (χ2n) is 10.3. The summed E-state index contributed by atoms with van der Waals surface area (Å²) in [6, 6.07) is 0.394. The Kier molecular flexibility index (Phi) is 7.08. The molecule has 1 fully saturated rings. The molecule has 1 amide bonds. The quantitative estimate of drug-likeness (QED) is 0.573. The maximum absolute atomic E-state index is 12.4. The van der Waals surface area contributed by atoms with E-state index in [0.29, 0.717) is 0 Å². The van der Waals surface area contributed by atoms with Crippen LogP contribution in [0.15, 0.2) is 6.33 Å². The Morgan fingerprint density at radius 2 is 1.91 bits per heavy atom. The highest BCUT2D eigenvalue weighted by molar-refractivity contribution is 7.85. The smallest absolute Gasteiger partial charge is 0.410 e. The topological polar surface area (TPSA) is 111 Å². The number of fused-ring (bicyclic) bond motifs is 3. The van der Waals surface area contributed by atoms with Gasteiger partial charge in [0.1, 0.15) is 22.6 Å². The van der Waals surface area contributed by atoms with Crippen molar-refractivity contribution in [2.24, 2.45) is 0 Å². The van der Waals surface area contributed by atoms with Gasteiger partial charge in [0, 0.05) is 29.9 Å². The van der Waals surface area contributed by atoms with E-state index in [4.69, 9.17) is 8.92 Å². The molecule has 2 aliphatic carbocycles. The molecule has 2 heterocycles. The van der Waals surface area contributed by atoms with Crippen molar-refractivity contribution in [2.75, 3.05) is 25.2 Å². The predicted octanol–water partition coefficient (Wildman–Crippen LogP) is 4.29. The first-order valence-electron chi connectivity index (χ1n) is 11.7. The van der Waals surface area contributed by atoms with Crippen LogP contribution in [0.4, 0.5) is 10.6 Å². The molecule has 0 unspecified atom stereocenters. The molecule has 1 saturated carbocycles. The van der Waals surface area contributed by atoms with Gasteiger partial charge >= 0.3 is 6.09 Å². The van der Waals surface area contributed by atoms with E-state index in [0.717, 1.165) is 66.4 Å². The van der Waals surface area contributed by atoms with Crippen molar-refractivity contribution in [3.05, 3.63) is 16.8 Å². The van der Waals surface area contributed by atoms with Gasteiger partial charge in [-0.1, -0.05) is 0 Å². The van der Waals surface area contributed by atoms with Crippen LogP contribution in [0.5, 0.6) is 0 Å². The van der Waals surface area contributed by atoms with E-state index in [1.807, 2.05) is 27.8 Å². The van der Waals surface area contributed by atoms with Crippen LogP contribution < -0.4 is 5.32 Å². The number of nitrogens with zero attached hydrogens (tertiary/aromatic N) is 3. The lowest BCUT2D eigenvalue weighted by Gasteiger charge is -2.36. The van der Waals surface area contributed by atoms with E-state index < -0.39 is 15.7 Å². The number of aromatic nitrogens is 2. The van der Waals surface area contributed by atoms with E-state index in [-0.39, 0.29) is 30.7 Å².